The third kappa shape index (κ3) is 5.06. The van der Waals surface area contributed by atoms with Crippen LogP contribution in [0.4, 0.5) is 5.69 Å². The van der Waals surface area contributed by atoms with Crippen molar-refractivity contribution < 1.29 is 9.59 Å². The topological polar surface area (TPSA) is 46.2 Å². The van der Waals surface area contributed by atoms with Crippen molar-refractivity contribution in [3.05, 3.63) is 99.0 Å². The number of halogens is 2. The minimum atomic E-state index is -0.370. The molecule has 0 aliphatic rings. The zero-order chi connectivity index (χ0) is 21.2. The van der Waals surface area contributed by atoms with Gasteiger partial charge < -0.3 is 5.32 Å². The normalized spacial score (nSPS) is 11.2. The second-order valence-corrected chi connectivity index (χ2v) is 8.66. The molecule has 3 rings (SSSR count). The lowest BCUT2D eigenvalue weighted by Crippen LogP contribution is -2.13. The molecule has 0 bridgehead atoms. The Hall–Kier alpha value is -2.62. The van der Waals surface area contributed by atoms with Crippen molar-refractivity contribution in [2.75, 3.05) is 5.32 Å². The Morgan fingerprint density at radius 1 is 0.828 bits per heavy atom. The van der Waals surface area contributed by atoms with Crippen molar-refractivity contribution in [3.63, 3.8) is 0 Å². The molecule has 0 heterocycles. The maximum absolute atomic E-state index is 12.9. The molecular weight excluding hydrogens is 405 g/mol. The molecule has 1 N–H and O–H groups in total. The van der Waals surface area contributed by atoms with E-state index >= 15 is 0 Å². The Balaban J connectivity index is 1.80. The number of carbonyl (C=O) groups is 2. The van der Waals surface area contributed by atoms with E-state index in [1.807, 2.05) is 24.3 Å². The van der Waals surface area contributed by atoms with Gasteiger partial charge in [-0.05, 0) is 41.3 Å². The number of rotatable bonds is 4. The summed E-state index contributed by atoms with van der Waals surface area (Å²) in [5.41, 5.74) is 3.10. The molecule has 0 aliphatic carbocycles. The Morgan fingerprint density at radius 2 is 1.52 bits per heavy atom. The fraction of sp³-hybridized carbons (Fsp3) is 0.167. The maximum Gasteiger partial charge on any atom is 0.257 e. The molecule has 148 valence electrons. The van der Waals surface area contributed by atoms with E-state index in [2.05, 4.69) is 26.1 Å². The molecule has 0 spiro atoms. The fourth-order valence-corrected chi connectivity index (χ4v) is 3.39. The molecule has 1 amide bonds. The average molecular weight is 426 g/mol. The predicted molar refractivity (Wildman–Crippen MR) is 119 cm³/mol. The smallest absolute Gasteiger partial charge is 0.257 e. The molecule has 3 aromatic carbocycles. The first-order valence-corrected chi connectivity index (χ1v) is 9.92. The molecular formula is C24H21Cl2NO2. The van der Waals surface area contributed by atoms with Crippen molar-refractivity contribution in [1.82, 2.24) is 0 Å². The number of hydrogen-bond donors (Lipinski definition) is 1. The van der Waals surface area contributed by atoms with Crippen LogP contribution in [-0.2, 0) is 5.41 Å². The summed E-state index contributed by atoms with van der Waals surface area (Å²) < 4.78 is 0. The van der Waals surface area contributed by atoms with Crippen LogP contribution in [0.15, 0.2) is 66.7 Å². The zero-order valence-electron chi connectivity index (χ0n) is 16.4. The van der Waals surface area contributed by atoms with E-state index in [4.69, 9.17) is 23.2 Å². The highest BCUT2D eigenvalue weighted by Gasteiger charge is 2.16. The van der Waals surface area contributed by atoms with Crippen LogP contribution in [0.2, 0.25) is 10.0 Å². The third-order valence-electron chi connectivity index (χ3n) is 4.57. The van der Waals surface area contributed by atoms with Gasteiger partial charge in [0, 0.05) is 21.8 Å². The van der Waals surface area contributed by atoms with E-state index in [9.17, 15) is 9.59 Å². The molecule has 0 fully saturated rings. The Bertz CT molecular complexity index is 1070. The number of amides is 1. The summed E-state index contributed by atoms with van der Waals surface area (Å²) in [4.78, 5) is 25.4. The molecule has 3 nitrogen and oxygen atoms in total. The average Bonchev–Trinajstić information content (AvgIpc) is 2.67. The molecule has 0 saturated carbocycles. The van der Waals surface area contributed by atoms with Crippen molar-refractivity contribution in [2.45, 2.75) is 26.2 Å². The van der Waals surface area contributed by atoms with Gasteiger partial charge in [-0.25, -0.2) is 0 Å². The van der Waals surface area contributed by atoms with Gasteiger partial charge in [-0.15, -0.1) is 0 Å². The number of hydrogen-bond acceptors (Lipinski definition) is 2. The Morgan fingerprint density at radius 3 is 2.14 bits per heavy atom. The lowest BCUT2D eigenvalue weighted by Gasteiger charge is -2.19. The van der Waals surface area contributed by atoms with E-state index in [0.717, 1.165) is 5.56 Å². The van der Waals surface area contributed by atoms with E-state index < -0.39 is 0 Å². The molecule has 0 radical (unpaired) electrons. The number of carbonyl (C=O) groups excluding carboxylic acids is 2. The molecule has 0 aliphatic heterocycles. The van der Waals surface area contributed by atoms with Gasteiger partial charge in [-0.3, -0.25) is 9.59 Å². The molecule has 0 saturated heterocycles. The minimum absolute atomic E-state index is 0.0225. The van der Waals surface area contributed by atoms with Crippen LogP contribution in [0.1, 0.15) is 52.6 Å². The second kappa shape index (κ2) is 8.40. The highest BCUT2D eigenvalue weighted by molar-refractivity contribution is 6.37. The zero-order valence-corrected chi connectivity index (χ0v) is 17.9. The maximum atomic E-state index is 12.9. The highest BCUT2D eigenvalue weighted by Crippen LogP contribution is 2.24. The standard InChI is InChI=1S/C24H21Cl2NO2/c1-24(2,3)17-9-7-15(8-10-17)22(28)16-5-4-6-19(13-16)27-23(29)20-12-11-18(25)14-21(20)26/h4-14H,1-3H3,(H,27,29). The van der Waals surface area contributed by atoms with Gasteiger partial charge >= 0.3 is 0 Å². The summed E-state index contributed by atoms with van der Waals surface area (Å²) in [6.45, 7) is 6.38. The van der Waals surface area contributed by atoms with E-state index in [1.165, 1.54) is 6.07 Å². The summed E-state index contributed by atoms with van der Waals surface area (Å²) in [5.74, 6) is -0.475. The summed E-state index contributed by atoms with van der Waals surface area (Å²) in [6, 6.07) is 19.1. The van der Waals surface area contributed by atoms with E-state index in [-0.39, 0.29) is 22.1 Å². The van der Waals surface area contributed by atoms with E-state index in [0.29, 0.717) is 27.4 Å². The largest absolute Gasteiger partial charge is 0.322 e. The Labute approximate surface area is 180 Å². The van der Waals surface area contributed by atoms with Gasteiger partial charge in [0.05, 0.1) is 10.6 Å². The van der Waals surface area contributed by atoms with E-state index in [1.54, 1.807) is 36.4 Å². The first-order chi connectivity index (χ1) is 13.6. The first kappa shape index (κ1) is 21.1. The fourth-order valence-electron chi connectivity index (χ4n) is 2.90. The van der Waals surface area contributed by atoms with Gasteiger partial charge in [0.2, 0.25) is 0 Å². The van der Waals surface area contributed by atoms with Crippen LogP contribution in [0.5, 0.6) is 0 Å². The quantitative estimate of drug-likeness (QED) is 0.468. The van der Waals surface area contributed by atoms with Crippen molar-refractivity contribution >= 4 is 40.6 Å². The van der Waals surface area contributed by atoms with Gasteiger partial charge in [-0.2, -0.15) is 0 Å². The molecule has 0 aromatic heterocycles. The predicted octanol–water partition coefficient (Wildman–Crippen LogP) is 6.77. The number of ketones is 1. The van der Waals surface area contributed by atoms with Crippen LogP contribution < -0.4 is 5.32 Å². The first-order valence-electron chi connectivity index (χ1n) is 9.17. The third-order valence-corrected chi connectivity index (χ3v) is 5.12. The summed E-state index contributed by atoms with van der Waals surface area (Å²) in [7, 11) is 0. The van der Waals surface area contributed by atoms with Crippen LogP contribution in [-0.4, -0.2) is 11.7 Å². The van der Waals surface area contributed by atoms with Crippen molar-refractivity contribution in [2.24, 2.45) is 0 Å². The van der Waals surface area contributed by atoms with Gasteiger partial charge in [0.1, 0.15) is 0 Å². The van der Waals surface area contributed by atoms with Crippen LogP contribution >= 0.6 is 23.2 Å². The molecule has 29 heavy (non-hydrogen) atoms. The second-order valence-electron chi connectivity index (χ2n) is 7.82. The van der Waals surface area contributed by atoms with Gasteiger partial charge in [0.15, 0.2) is 5.78 Å². The van der Waals surface area contributed by atoms with Crippen molar-refractivity contribution in [1.29, 1.82) is 0 Å². The number of benzene rings is 3. The van der Waals surface area contributed by atoms with Crippen molar-refractivity contribution in [3.8, 4) is 0 Å². The monoisotopic (exact) mass is 425 g/mol. The molecule has 5 heteroatoms. The SMILES string of the molecule is CC(C)(C)c1ccc(C(=O)c2cccc(NC(=O)c3ccc(Cl)cc3Cl)c2)cc1. The lowest BCUT2D eigenvalue weighted by atomic mass is 9.86. The summed E-state index contributed by atoms with van der Waals surface area (Å²) >= 11 is 12.0. The summed E-state index contributed by atoms with van der Waals surface area (Å²) in [5, 5.41) is 3.50. The van der Waals surface area contributed by atoms with Gasteiger partial charge in [-0.1, -0.05) is 80.4 Å². The molecule has 3 aromatic rings. The van der Waals surface area contributed by atoms with Crippen LogP contribution in [0.25, 0.3) is 0 Å². The number of anilines is 1. The molecule has 0 unspecified atom stereocenters. The van der Waals surface area contributed by atoms with Gasteiger partial charge in [0.25, 0.3) is 5.91 Å². The number of nitrogens with one attached hydrogen (secondary N) is 1. The van der Waals surface area contributed by atoms with Crippen LogP contribution in [0, 0.1) is 0 Å². The highest BCUT2D eigenvalue weighted by atomic mass is 35.5. The Kier molecular flexibility index (Phi) is 6.11. The van der Waals surface area contributed by atoms with Crippen LogP contribution in [0.3, 0.4) is 0 Å². The lowest BCUT2D eigenvalue weighted by molar-refractivity contribution is 0.102. The minimum Gasteiger partial charge on any atom is -0.322 e. The summed E-state index contributed by atoms with van der Waals surface area (Å²) in [6.07, 6.45) is 0. The molecule has 0 atom stereocenters.